The average molecular weight is 484 g/mol. The van der Waals surface area contributed by atoms with Crippen molar-refractivity contribution in [3.63, 3.8) is 0 Å². The number of halogens is 1. The summed E-state index contributed by atoms with van der Waals surface area (Å²) in [5.74, 6) is 1.04. The lowest BCUT2D eigenvalue weighted by atomic mass is 9.96. The summed E-state index contributed by atoms with van der Waals surface area (Å²) in [5, 5.41) is 6.80. The summed E-state index contributed by atoms with van der Waals surface area (Å²) >= 11 is 0. The third-order valence-corrected chi connectivity index (χ3v) is 5.71. The minimum Gasteiger partial charge on any atom is -0.373 e. The molecule has 0 aliphatic carbocycles. The lowest BCUT2D eigenvalue weighted by molar-refractivity contribution is -0.131. The van der Waals surface area contributed by atoms with E-state index in [0.29, 0.717) is 24.7 Å². The van der Waals surface area contributed by atoms with Gasteiger partial charge in [-0.2, -0.15) is 0 Å². The summed E-state index contributed by atoms with van der Waals surface area (Å²) in [6.07, 6.45) is 5.53. The third kappa shape index (κ3) is 4.74. The molecule has 0 aromatic heterocycles. The van der Waals surface area contributed by atoms with Gasteiger partial charge in [-0.25, -0.2) is 0 Å². The maximum absolute atomic E-state index is 12.4. The molecule has 148 valence electrons. The van der Waals surface area contributed by atoms with Gasteiger partial charge in [0.2, 0.25) is 5.91 Å². The molecular formula is C20H29IN4O2. The first-order valence-corrected chi connectivity index (χ1v) is 9.70. The molecule has 3 unspecified atom stereocenters. The molecule has 1 aromatic rings. The van der Waals surface area contributed by atoms with E-state index in [2.05, 4.69) is 27.8 Å². The van der Waals surface area contributed by atoms with Crippen LogP contribution in [0.2, 0.25) is 0 Å². The molecule has 3 aliphatic rings. The average Bonchev–Trinajstić information content (AvgIpc) is 3.38. The number of rotatable bonds is 5. The van der Waals surface area contributed by atoms with Crippen molar-refractivity contribution >= 4 is 35.8 Å². The van der Waals surface area contributed by atoms with E-state index in [1.165, 1.54) is 17.5 Å². The molecule has 6 nitrogen and oxygen atoms in total. The number of ether oxygens (including phenoxy) is 1. The van der Waals surface area contributed by atoms with E-state index in [0.717, 1.165) is 44.9 Å². The minimum atomic E-state index is 0. The highest BCUT2D eigenvalue weighted by atomic mass is 127. The van der Waals surface area contributed by atoms with Crippen molar-refractivity contribution in [1.82, 2.24) is 15.5 Å². The maximum atomic E-state index is 12.4. The van der Waals surface area contributed by atoms with E-state index < -0.39 is 0 Å². The number of fused-ring (bicyclic) bond motifs is 3. The smallest absolute Gasteiger partial charge is 0.223 e. The number of hydrogen-bond donors (Lipinski definition) is 2. The number of nitrogens with zero attached hydrogens (tertiary/aromatic N) is 2. The van der Waals surface area contributed by atoms with Crippen molar-refractivity contribution < 1.29 is 9.53 Å². The van der Waals surface area contributed by atoms with Gasteiger partial charge in [0.25, 0.3) is 0 Å². The normalized spacial score (nSPS) is 25.9. The molecule has 4 rings (SSSR count). The second-order valence-corrected chi connectivity index (χ2v) is 7.48. The Hall–Kier alpha value is -1.35. The first kappa shape index (κ1) is 20.4. The third-order valence-electron chi connectivity index (χ3n) is 5.71. The van der Waals surface area contributed by atoms with Gasteiger partial charge < -0.3 is 20.3 Å². The summed E-state index contributed by atoms with van der Waals surface area (Å²) in [6.45, 7) is 2.24. The zero-order valence-electron chi connectivity index (χ0n) is 15.8. The lowest BCUT2D eigenvalue weighted by Crippen LogP contribution is -2.47. The highest BCUT2D eigenvalue weighted by Gasteiger charge is 2.41. The molecule has 2 fully saturated rings. The van der Waals surface area contributed by atoms with Crippen LogP contribution in [0.15, 0.2) is 29.3 Å². The van der Waals surface area contributed by atoms with Crippen molar-refractivity contribution in [2.45, 2.75) is 63.4 Å². The van der Waals surface area contributed by atoms with Crippen LogP contribution in [0.25, 0.3) is 0 Å². The van der Waals surface area contributed by atoms with Crippen LogP contribution in [-0.2, 0) is 22.6 Å². The fourth-order valence-corrected chi connectivity index (χ4v) is 4.27. The summed E-state index contributed by atoms with van der Waals surface area (Å²) in [4.78, 5) is 18.7. The van der Waals surface area contributed by atoms with Crippen molar-refractivity contribution in [3.8, 4) is 0 Å². The molecule has 27 heavy (non-hydrogen) atoms. The van der Waals surface area contributed by atoms with E-state index in [9.17, 15) is 4.79 Å². The summed E-state index contributed by atoms with van der Waals surface area (Å²) in [6, 6.07) is 8.66. The molecule has 2 saturated heterocycles. The van der Waals surface area contributed by atoms with E-state index in [4.69, 9.17) is 4.74 Å². The van der Waals surface area contributed by atoms with Crippen molar-refractivity contribution in [1.29, 1.82) is 0 Å². The van der Waals surface area contributed by atoms with Gasteiger partial charge in [-0.3, -0.25) is 9.79 Å². The number of guanidine groups is 1. The highest BCUT2D eigenvalue weighted by Crippen LogP contribution is 2.34. The summed E-state index contributed by atoms with van der Waals surface area (Å²) in [7, 11) is 1.79. The van der Waals surface area contributed by atoms with E-state index in [1.807, 2.05) is 17.0 Å². The Morgan fingerprint density at radius 2 is 2.00 bits per heavy atom. The monoisotopic (exact) mass is 484 g/mol. The van der Waals surface area contributed by atoms with Gasteiger partial charge in [0, 0.05) is 33.1 Å². The standard InChI is InChI=1S/C20H28N4O2.HI/c1-21-20(23-17-11-16-8-9-18(17)26-16)22-10-4-7-19(25)24-12-14-5-2-3-6-15(14)13-24;/h2-3,5-6,16-18H,4,7-13H2,1H3,(H2,21,22,23);1H. The summed E-state index contributed by atoms with van der Waals surface area (Å²) < 4.78 is 5.88. The van der Waals surface area contributed by atoms with Crippen LogP contribution in [0.4, 0.5) is 0 Å². The number of hydrogen-bond acceptors (Lipinski definition) is 3. The number of amides is 1. The van der Waals surface area contributed by atoms with Gasteiger partial charge in [0.05, 0.1) is 18.2 Å². The van der Waals surface area contributed by atoms with Crippen molar-refractivity contribution in [3.05, 3.63) is 35.4 Å². The van der Waals surface area contributed by atoms with Gasteiger partial charge in [-0.15, -0.1) is 24.0 Å². The molecule has 7 heteroatoms. The van der Waals surface area contributed by atoms with Crippen molar-refractivity contribution in [2.24, 2.45) is 4.99 Å². The van der Waals surface area contributed by atoms with Crippen LogP contribution in [0, 0.1) is 0 Å². The topological polar surface area (TPSA) is 66.0 Å². The molecule has 3 atom stereocenters. The molecule has 0 saturated carbocycles. The quantitative estimate of drug-likeness (QED) is 0.292. The van der Waals surface area contributed by atoms with Crippen molar-refractivity contribution in [2.75, 3.05) is 13.6 Å². The minimum absolute atomic E-state index is 0. The first-order valence-electron chi connectivity index (χ1n) is 9.70. The number of benzene rings is 1. The predicted molar refractivity (Wildman–Crippen MR) is 116 cm³/mol. The number of carbonyl (C=O) groups excluding carboxylic acids is 1. The number of carbonyl (C=O) groups is 1. The van der Waals surface area contributed by atoms with Gasteiger partial charge in [0.15, 0.2) is 5.96 Å². The van der Waals surface area contributed by atoms with E-state index >= 15 is 0 Å². The summed E-state index contributed by atoms with van der Waals surface area (Å²) in [5.41, 5.74) is 2.55. The molecule has 3 heterocycles. The van der Waals surface area contributed by atoms with Crippen LogP contribution >= 0.6 is 24.0 Å². The largest absolute Gasteiger partial charge is 0.373 e. The molecule has 0 radical (unpaired) electrons. The second kappa shape index (κ2) is 9.23. The van der Waals surface area contributed by atoms with Gasteiger partial charge in [0.1, 0.15) is 0 Å². The van der Waals surface area contributed by atoms with Crippen LogP contribution in [-0.4, -0.2) is 48.6 Å². The Kier molecular flexibility index (Phi) is 6.97. The van der Waals surface area contributed by atoms with E-state index in [-0.39, 0.29) is 29.9 Å². The van der Waals surface area contributed by atoms with Crippen LogP contribution in [0.1, 0.15) is 43.2 Å². The Labute approximate surface area is 178 Å². The van der Waals surface area contributed by atoms with Crippen LogP contribution in [0.5, 0.6) is 0 Å². The van der Waals surface area contributed by atoms with Crippen LogP contribution in [0.3, 0.4) is 0 Å². The number of aliphatic imine (C=N–C) groups is 1. The molecule has 2 bridgehead atoms. The molecule has 3 aliphatic heterocycles. The molecule has 0 spiro atoms. The molecular weight excluding hydrogens is 455 g/mol. The fourth-order valence-electron chi connectivity index (χ4n) is 4.27. The van der Waals surface area contributed by atoms with Crippen LogP contribution < -0.4 is 10.6 Å². The number of nitrogens with one attached hydrogen (secondary N) is 2. The first-order chi connectivity index (χ1) is 12.7. The molecule has 1 aromatic carbocycles. The van der Waals surface area contributed by atoms with Gasteiger partial charge in [-0.05, 0) is 36.8 Å². The Bertz CT molecular complexity index is 671. The zero-order valence-corrected chi connectivity index (χ0v) is 18.1. The highest BCUT2D eigenvalue weighted by molar-refractivity contribution is 14.0. The second-order valence-electron chi connectivity index (χ2n) is 7.48. The fraction of sp³-hybridized carbons (Fsp3) is 0.600. The van der Waals surface area contributed by atoms with Gasteiger partial charge >= 0.3 is 0 Å². The Morgan fingerprint density at radius 3 is 2.59 bits per heavy atom. The zero-order chi connectivity index (χ0) is 17.9. The maximum Gasteiger partial charge on any atom is 0.223 e. The predicted octanol–water partition coefficient (Wildman–Crippen LogP) is 2.41. The molecule has 2 N–H and O–H groups in total. The lowest BCUT2D eigenvalue weighted by Gasteiger charge is -2.22. The Morgan fingerprint density at radius 1 is 1.26 bits per heavy atom. The molecule has 1 amide bonds. The Balaban J connectivity index is 0.00000210. The SMILES string of the molecule is CN=C(NCCCC(=O)N1Cc2ccccc2C1)NC1CC2CCC1O2.I. The van der Waals surface area contributed by atoms with Gasteiger partial charge in [-0.1, -0.05) is 24.3 Å². The van der Waals surface area contributed by atoms with E-state index in [1.54, 1.807) is 7.05 Å².